The van der Waals surface area contributed by atoms with Crippen LogP contribution in [0.5, 0.6) is 0 Å². The Hall–Kier alpha value is -2.61. The zero-order valence-corrected chi connectivity index (χ0v) is 16.9. The number of aliphatic imine (C=N–C) groups is 1. The molecule has 0 unspecified atom stereocenters. The Morgan fingerprint density at radius 2 is 1.73 bits per heavy atom. The summed E-state index contributed by atoms with van der Waals surface area (Å²) in [6, 6.07) is 14.8. The largest absolute Gasteiger partial charge is 0.354 e. The number of rotatable bonds is 6. The van der Waals surface area contributed by atoms with Gasteiger partial charge in [-0.3, -0.25) is 4.99 Å². The van der Waals surface area contributed by atoms with Crippen molar-refractivity contribution in [1.29, 1.82) is 0 Å². The lowest BCUT2D eigenvalue weighted by molar-refractivity contribution is 1.16. The van der Waals surface area contributed by atoms with Crippen molar-refractivity contribution in [3.05, 3.63) is 88.3 Å². The highest BCUT2D eigenvalue weighted by atomic mass is 14.9. The third kappa shape index (κ3) is 4.95. The zero-order valence-electron chi connectivity index (χ0n) is 16.9. The molecule has 0 atom stereocenters. The average Bonchev–Trinajstić information content (AvgIpc) is 2.63. The molecular weight excluding hydrogens is 316 g/mol. The lowest BCUT2D eigenvalue weighted by atomic mass is 10.0. The van der Waals surface area contributed by atoms with Crippen LogP contribution in [0.15, 0.2) is 71.0 Å². The molecule has 0 aliphatic heterocycles. The number of nitrogens with one attached hydrogen (secondary N) is 1. The van der Waals surface area contributed by atoms with E-state index in [1.54, 1.807) is 0 Å². The first-order valence-corrected chi connectivity index (χ1v) is 9.28. The predicted molar refractivity (Wildman–Crippen MR) is 115 cm³/mol. The second-order valence-electron chi connectivity index (χ2n) is 6.64. The summed E-state index contributed by atoms with van der Waals surface area (Å²) in [4.78, 5) is 4.93. The molecule has 2 aromatic carbocycles. The van der Waals surface area contributed by atoms with Gasteiger partial charge < -0.3 is 5.32 Å². The summed E-state index contributed by atoms with van der Waals surface area (Å²) in [7, 11) is 0. The molecule has 2 rings (SSSR count). The van der Waals surface area contributed by atoms with E-state index in [0.29, 0.717) is 0 Å². The van der Waals surface area contributed by atoms with Crippen molar-refractivity contribution < 1.29 is 0 Å². The van der Waals surface area contributed by atoms with Crippen molar-refractivity contribution in [3.8, 4) is 0 Å². The number of anilines is 1. The van der Waals surface area contributed by atoms with Gasteiger partial charge in [0.15, 0.2) is 0 Å². The van der Waals surface area contributed by atoms with Gasteiger partial charge in [0.1, 0.15) is 0 Å². The number of nitrogens with zero attached hydrogens (tertiary/aromatic N) is 1. The molecular formula is C24H30N2. The van der Waals surface area contributed by atoms with E-state index in [9.17, 15) is 0 Å². The van der Waals surface area contributed by atoms with E-state index in [0.717, 1.165) is 29.2 Å². The van der Waals surface area contributed by atoms with Gasteiger partial charge in [-0.1, -0.05) is 49.4 Å². The minimum Gasteiger partial charge on any atom is -0.354 e. The highest BCUT2D eigenvalue weighted by molar-refractivity contribution is 5.99. The average molecular weight is 347 g/mol. The van der Waals surface area contributed by atoms with E-state index in [2.05, 4.69) is 94.6 Å². The first-order chi connectivity index (χ1) is 12.5. The molecule has 26 heavy (non-hydrogen) atoms. The summed E-state index contributed by atoms with van der Waals surface area (Å²) in [6.45, 7) is 12.7. The molecule has 0 spiro atoms. The Labute approximate surface area is 158 Å². The highest BCUT2D eigenvalue weighted by Crippen LogP contribution is 2.22. The molecule has 0 aliphatic carbocycles. The molecule has 0 aliphatic rings. The van der Waals surface area contributed by atoms with Crippen molar-refractivity contribution in [2.24, 2.45) is 4.99 Å². The zero-order chi connectivity index (χ0) is 19.1. The lowest BCUT2D eigenvalue weighted by Crippen LogP contribution is -2.05. The Balaban J connectivity index is 2.35. The van der Waals surface area contributed by atoms with Gasteiger partial charge in [-0.15, -0.1) is 0 Å². The van der Waals surface area contributed by atoms with Crippen molar-refractivity contribution in [2.45, 2.75) is 48.0 Å². The highest BCUT2D eigenvalue weighted by Gasteiger charge is 2.07. The van der Waals surface area contributed by atoms with Crippen molar-refractivity contribution in [3.63, 3.8) is 0 Å². The van der Waals surface area contributed by atoms with Crippen molar-refractivity contribution in [2.75, 3.05) is 5.32 Å². The Morgan fingerprint density at radius 1 is 1.00 bits per heavy atom. The fraction of sp³-hybridized carbons (Fsp3) is 0.292. The summed E-state index contributed by atoms with van der Waals surface area (Å²) >= 11 is 0. The van der Waals surface area contributed by atoms with Crippen LogP contribution in [-0.2, 0) is 0 Å². The van der Waals surface area contributed by atoms with Crippen LogP contribution in [0.4, 0.5) is 5.69 Å². The number of aryl methyl sites for hydroxylation is 3. The molecule has 0 saturated heterocycles. The third-order valence-corrected chi connectivity index (χ3v) is 4.58. The van der Waals surface area contributed by atoms with Crippen LogP contribution in [0, 0.1) is 20.8 Å². The molecule has 0 saturated carbocycles. The van der Waals surface area contributed by atoms with Crippen LogP contribution < -0.4 is 5.32 Å². The quantitative estimate of drug-likeness (QED) is 0.455. The topological polar surface area (TPSA) is 24.4 Å². The fourth-order valence-electron chi connectivity index (χ4n) is 2.77. The van der Waals surface area contributed by atoms with Crippen LogP contribution >= 0.6 is 0 Å². The van der Waals surface area contributed by atoms with Crippen molar-refractivity contribution >= 4 is 11.4 Å². The number of para-hydroxylation sites is 1. The minimum atomic E-state index is 0.948. The first kappa shape index (κ1) is 19.7. The molecule has 0 bridgehead atoms. The van der Waals surface area contributed by atoms with E-state index in [-0.39, 0.29) is 0 Å². The third-order valence-electron chi connectivity index (χ3n) is 4.58. The number of hydrogen-bond acceptors (Lipinski definition) is 2. The molecule has 2 heteroatoms. The molecule has 0 heterocycles. The lowest BCUT2D eigenvalue weighted by Gasteiger charge is -2.15. The van der Waals surface area contributed by atoms with E-state index in [1.165, 1.54) is 22.3 Å². The van der Waals surface area contributed by atoms with Gasteiger partial charge in [0.25, 0.3) is 0 Å². The summed E-state index contributed by atoms with van der Waals surface area (Å²) in [5.41, 5.74) is 9.14. The van der Waals surface area contributed by atoms with Crippen molar-refractivity contribution in [1.82, 2.24) is 0 Å². The molecule has 0 aromatic heterocycles. The standard InChI is InChI=1S/C24H30N2/c1-7-11-24(26-23-13-10-9-12-18(23)4)22(8-2)25-20(6)21-15-14-17(3)19(5)16-21/h8-16,26H,7H2,1-6H3/b22-8-,24-11+,25-20?. The first-order valence-electron chi connectivity index (χ1n) is 9.28. The van der Waals surface area contributed by atoms with Crippen LogP contribution in [0.2, 0.25) is 0 Å². The second kappa shape index (κ2) is 9.19. The SMILES string of the molecule is C/C=C(N=C(C)c1ccc(C)c(C)c1)/C(=C\CC)Nc1ccccc1C. The predicted octanol–water partition coefficient (Wildman–Crippen LogP) is 6.73. The minimum absolute atomic E-state index is 0.948. The molecule has 2 aromatic rings. The van der Waals surface area contributed by atoms with Gasteiger partial charge in [0.05, 0.1) is 11.4 Å². The molecule has 136 valence electrons. The summed E-state index contributed by atoms with van der Waals surface area (Å²) in [6.07, 6.45) is 5.21. The fourth-order valence-corrected chi connectivity index (χ4v) is 2.77. The Bertz CT molecular complexity index is 854. The van der Waals surface area contributed by atoms with Gasteiger partial charge in [0.2, 0.25) is 0 Å². The van der Waals surface area contributed by atoms with Gasteiger partial charge in [-0.2, -0.15) is 0 Å². The van der Waals surface area contributed by atoms with E-state index >= 15 is 0 Å². The Morgan fingerprint density at radius 3 is 2.35 bits per heavy atom. The normalized spacial score (nSPS) is 13.1. The molecule has 0 amide bonds. The van der Waals surface area contributed by atoms with Gasteiger partial charge in [-0.05, 0) is 75.4 Å². The van der Waals surface area contributed by atoms with E-state index in [4.69, 9.17) is 4.99 Å². The van der Waals surface area contributed by atoms with Crippen LogP contribution in [0.1, 0.15) is 49.4 Å². The maximum Gasteiger partial charge on any atom is 0.0822 e. The van der Waals surface area contributed by atoms with Crippen LogP contribution in [0.25, 0.3) is 0 Å². The maximum absolute atomic E-state index is 4.93. The number of benzene rings is 2. The van der Waals surface area contributed by atoms with Crippen LogP contribution in [-0.4, -0.2) is 5.71 Å². The van der Waals surface area contributed by atoms with Gasteiger partial charge in [0, 0.05) is 11.4 Å². The van der Waals surface area contributed by atoms with E-state index < -0.39 is 0 Å². The monoisotopic (exact) mass is 346 g/mol. The molecule has 1 N–H and O–H groups in total. The van der Waals surface area contributed by atoms with Gasteiger partial charge in [-0.25, -0.2) is 0 Å². The van der Waals surface area contributed by atoms with Crippen LogP contribution in [0.3, 0.4) is 0 Å². The molecule has 0 fully saturated rings. The number of allylic oxidation sites excluding steroid dienone is 2. The smallest absolute Gasteiger partial charge is 0.0822 e. The number of hydrogen-bond donors (Lipinski definition) is 1. The second-order valence-corrected chi connectivity index (χ2v) is 6.64. The molecule has 2 nitrogen and oxygen atoms in total. The van der Waals surface area contributed by atoms with Gasteiger partial charge >= 0.3 is 0 Å². The summed E-state index contributed by atoms with van der Waals surface area (Å²) in [5, 5.41) is 3.56. The Kier molecular flexibility index (Phi) is 6.97. The van der Waals surface area contributed by atoms with E-state index in [1.807, 2.05) is 6.92 Å². The molecule has 0 radical (unpaired) electrons. The summed E-state index contributed by atoms with van der Waals surface area (Å²) in [5.74, 6) is 0. The maximum atomic E-state index is 4.93. The summed E-state index contributed by atoms with van der Waals surface area (Å²) < 4.78 is 0.